The molecule has 0 radical (unpaired) electrons. The number of unbranched alkanes of at least 4 members (excludes halogenated alkanes) is 3. The number of alkyl halides is 1. The molecular formula is C21H44BrNO2Si. The first-order valence-corrected chi connectivity index (χ1v) is 14.4. The number of nitrogens with zero attached hydrogens (tertiary/aromatic N) is 1. The first-order chi connectivity index (χ1) is 11.7. The SMILES string of the molecule is CC1(C)CC(OCCCCCCBr)CC(C)(C)N1O[Si](C)(C)C(C)(C)C. The maximum Gasteiger partial charge on any atom is 0.220 e. The highest BCUT2D eigenvalue weighted by Crippen LogP contribution is 2.45. The quantitative estimate of drug-likeness (QED) is 0.216. The molecule has 0 bridgehead atoms. The lowest BCUT2D eigenvalue weighted by Gasteiger charge is -2.57. The number of hydrogen-bond acceptors (Lipinski definition) is 3. The van der Waals surface area contributed by atoms with E-state index in [0.29, 0.717) is 6.10 Å². The Bertz CT molecular complexity index is 414. The van der Waals surface area contributed by atoms with E-state index in [9.17, 15) is 0 Å². The first-order valence-electron chi connectivity index (χ1n) is 10.4. The molecular weight excluding hydrogens is 406 g/mol. The van der Waals surface area contributed by atoms with E-state index in [1.165, 1.54) is 25.7 Å². The van der Waals surface area contributed by atoms with E-state index in [4.69, 9.17) is 9.26 Å². The minimum absolute atomic E-state index is 0.0160. The predicted octanol–water partition coefficient (Wildman–Crippen LogP) is 6.92. The van der Waals surface area contributed by atoms with Gasteiger partial charge in [0.2, 0.25) is 8.32 Å². The topological polar surface area (TPSA) is 21.7 Å². The highest BCUT2D eigenvalue weighted by Gasteiger charge is 2.51. The van der Waals surface area contributed by atoms with Crippen LogP contribution in [0.3, 0.4) is 0 Å². The molecule has 1 fully saturated rings. The largest absolute Gasteiger partial charge is 0.378 e. The summed E-state index contributed by atoms with van der Waals surface area (Å²) in [6, 6.07) is 0. The lowest BCUT2D eigenvalue weighted by Crippen LogP contribution is -2.65. The van der Waals surface area contributed by atoms with Crippen molar-refractivity contribution in [2.24, 2.45) is 0 Å². The van der Waals surface area contributed by atoms with Crippen molar-refractivity contribution in [3.63, 3.8) is 0 Å². The molecule has 156 valence electrons. The Morgan fingerprint density at radius 1 is 0.962 bits per heavy atom. The van der Waals surface area contributed by atoms with Gasteiger partial charge in [-0.3, -0.25) is 0 Å². The van der Waals surface area contributed by atoms with Gasteiger partial charge in [-0.2, -0.15) is 5.06 Å². The summed E-state index contributed by atoms with van der Waals surface area (Å²) >= 11 is 3.50. The first kappa shape index (κ1) is 24.6. The molecule has 0 N–H and O–H groups in total. The Morgan fingerprint density at radius 2 is 1.46 bits per heavy atom. The summed E-state index contributed by atoms with van der Waals surface area (Å²) in [5.74, 6) is 0. The van der Waals surface area contributed by atoms with Gasteiger partial charge in [0.05, 0.1) is 6.10 Å². The fourth-order valence-electron chi connectivity index (χ4n) is 3.70. The van der Waals surface area contributed by atoms with Crippen molar-refractivity contribution >= 4 is 24.2 Å². The third kappa shape index (κ3) is 6.88. The van der Waals surface area contributed by atoms with Gasteiger partial charge in [0, 0.05) is 23.0 Å². The summed E-state index contributed by atoms with van der Waals surface area (Å²) < 4.78 is 13.1. The molecule has 1 heterocycles. The van der Waals surface area contributed by atoms with E-state index in [1.807, 2.05) is 0 Å². The average molecular weight is 451 g/mol. The third-order valence-corrected chi connectivity index (χ3v) is 10.9. The molecule has 0 aromatic carbocycles. The van der Waals surface area contributed by atoms with Crippen molar-refractivity contribution in [2.75, 3.05) is 11.9 Å². The zero-order chi connectivity index (χ0) is 20.2. The van der Waals surface area contributed by atoms with Crippen LogP contribution in [0, 0.1) is 0 Å². The van der Waals surface area contributed by atoms with Crippen LogP contribution in [-0.2, 0) is 9.26 Å². The molecule has 3 nitrogen and oxygen atoms in total. The second kappa shape index (κ2) is 9.38. The zero-order valence-corrected chi connectivity index (χ0v) is 21.5. The molecule has 0 amide bonds. The molecule has 0 atom stereocenters. The van der Waals surface area contributed by atoms with Crippen LogP contribution in [0.1, 0.15) is 87.0 Å². The van der Waals surface area contributed by atoms with E-state index >= 15 is 0 Å². The van der Waals surface area contributed by atoms with E-state index in [2.05, 4.69) is 82.6 Å². The van der Waals surface area contributed by atoms with Gasteiger partial charge in [0.15, 0.2) is 0 Å². The van der Waals surface area contributed by atoms with Crippen LogP contribution in [0.4, 0.5) is 0 Å². The van der Waals surface area contributed by atoms with Gasteiger partial charge in [0.25, 0.3) is 0 Å². The van der Waals surface area contributed by atoms with Gasteiger partial charge >= 0.3 is 0 Å². The van der Waals surface area contributed by atoms with Gasteiger partial charge in [-0.1, -0.05) is 49.5 Å². The highest BCUT2D eigenvalue weighted by atomic mass is 79.9. The average Bonchev–Trinajstić information content (AvgIpc) is 2.45. The molecule has 5 heteroatoms. The number of rotatable bonds is 9. The number of piperidine rings is 1. The van der Waals surface area contributed by atoms with Crippen molar-refractivity contribution in [3.05, 3.63) is 0 Å². The van der Waals surface area contributed by atoms with Crippen LogP contribution in [0.25, 0.3) is 0 Å². The fraction of sp³-hybridized carbons (Fsp3) is 1.00. The predicted molar refractivity (Wildman–Crippen MR) is 120 cm³/mol. The second-order valence-electron chi connectivity index (χ2n) is 10.8. The molecule has 26 heavy (non-hydrogen) atoms. The van der Waals surface area contributed by atoms with E-state index in [-0.39, 0.29) is 16.1 Å². The summed E-state index contributed by atoms with van der Waals surface area (Å²) in [6.45, 7) is 21.8. The van der Waals surface area contributed by atoms with E-state index < -0.39 is 8.32 Å². The van der Waals surface area contributed by atoms with Gasteiger partial charge < -0.3 is 9.26 Å². The Hall–Kier alpha value is 0.577. The van der Waals surface area contributed by atoms with Crippen molar-refractivity contribution in [3.8, 4) is 0 Å². The monoisotopic (exact) mass is 449 g/mol. The van der Waals surface area contributed by atoms with Crippen LogP contribution in [0.5, 0.6) is 0 Å². The smallest absolute Gasteiger partial charge is 0.220 e. The van der Waals surface area contributed by atoms with Crippen molar-refractivity contribution in [2.45, 2.75) is 122 Å². The summed E-state index contributed by atoms with van der Waals surface area (Å²) in [5.41, 5.74) is -0.0319. The summed E-state index contributed by atoms with van der Waals surface area (Å²) in [7, 11) is -1.85. The van der Waals surface area contributed by atoms with Gasteiger partial charge in [-0.15, -0.1) is 0 Å². The molecule has 0 spiro atoms. The normalized spacial score (nSPS) is 21.9. The Labute approximate surface area is 172 Å². The van der Waals surface area contributed by atoms with E-state index in [1.54, 1.807) is 0 Å². The van der Waals surface area contributed by atoms with Gasteiger partial charge in [0.1, 0.15) is 0 Å². The molecule has 0 aromatic heterocycles. The Morgan fingerprint density at radius 3 is 1.92 bits per heavy atom. The Balaban J connectivity index is 2.68. The molecule has 1 rings (SSSR count). The maximum absolute atomic E-state index is 6.80. The van der Waals surface area contributed by atoms with Crippen molar-refractivity contribution < 1.29 is 9.26 Å². The number of ether oxygens (including phenoxy) is 1. The number of hydrogen-bond donors (Lipinski definition) is 0. The van der Waals surface area contributed by atoms with Crippen molar-refractivity contribution in [1.29, 1.82) is 0 Å². The minimum atomic E-state index is -1.85. The van der Waals surface area contributed by atoms with Gasteiger partial charge in [-0.25, -0.2) is 0 Å². The van der Waals surface area contributed by atoms with Crippen LogP contribution in [-0.4, -0.2) is 42.5 Å². The van der Waals surface area contributed by atoms with Crippen LogP contribution in [0.15, 0.2) is 0 Å². The molecule has 1 aliphatic rings. The maximum atomic E-state index is 6.80. The van der Waals surface area contributed by atoms with Crippen LogP contribution < -0.4 is 0 Å². The molecule has 0 aliphatic carbocycles. The third-order valence-electron chi connectivity index (χ3n) is 6.06. The lowest BCUT2D eigenvalue weighted by atomic mass is 9.80. The Kier molecular flexibility index (Phi) is 8.88. The molecule has 1 saturated heterocycles. The number of halogens is 1. The molecule has 0 aromatic rings. The summed E-state index contributed by atoms with van der Waals surface area (Å²) in [4.78, 5) is 0. The van der Waals surface area contributed by atoms with Crippen LogP contribution >= 0.6 is 15.9 Å². The van der Waals surface area contributed by atoms with E-state index in [0.717, 1.165) is 24.8 Å². The standard InChI is InChI=1S/C21H44BrNO2Si/c1-19(2,3)26(8,9)25-23-20(4,5)16-18(17-21(23,6)7)24-15-13-11-10-12-14-22/h18H,10-17H2,1-9H3. The minimum Gasteiger partial charge on any atom is -0.378 e. The van der Waals surface area contributed by atoms with Crippen molar-refractivity contribution in [1.82, 2.24) is 5.06 Å². The molecule has 1 aliphatic heterocycles. The summed E-state index contributed by atoms with van der Waals surface area (Å²) in [5, 5.41) is 3.65. The van der Waals surface area contributed by atoms with Gasteiger partial charge in [-0.05, 0) is 71.5 Å². The van der Waals surface area contributed by atoms with Crippen LogP contribution in [0.2, 0.25) is 18.1 Å². The lowest BCUT2D eigenvalue weighted by molar-refractivity contribution is -0.247. The fourth-order valence-corrected chi connectivity index (χ4v) is 5.32. The zero-order valence-electron chi connectivity index (χ0n) is 18.9. The molecule has 0 saturated carbocycles. The summed E-state index contributed by atoms with van der Waals surface area (Å²) in [6.07, 6.45) is 7.41. The second-order valence-corrected chi connectivity index (χ2v) is 16.3. The highest BCUT2D eigenvalue weighted by molar-refractivity contribution is 9.09. The number of hydroxylamine groups is 2. The molecule has 0 unspecified atom stereocenters.